The number of aryl methyl sites for hydroxylation is 1. The number of carbonyl (C=O) groups excluding carboxylic acids is 2. The fourth-order valence-corrected chi connectivity index (χ4v) is 5.16. The molecule has 0 heterocycles. The minimum absolute atomic E-state index is 0.0515. The molecular weight excluding hydrogens is 479 g/mol. The SMILES string of the molecule is CC[C@H](C(=O)NC1CCCC1)N(Cc1ccc(Cl)cc1Cl)C(=O)CCc1ccc(C(C)(C)C)cc1. The van der Waals surface area contributed by atoms with Crippen LogP contribution in [-0.2, 0) is 28.0 Å². The Morgan fingerprint density at radius 3 is 2.29 bits per heavy atom. The summed E-state index contributed by atoms with van der Waals surface area (Å²) in [4.78, 5) is 28.5. The van der Waals surface area contributed by atoms with Crippen LogP contribution in [0.3, 0.4) is 0 Å². The van der Waals surface area contributed by atoms with Gasteiger partial charge >= 0.3 is 0 Å². The lowest BCUT2D eigenvalue weighted by molar-refractivity contribution is -0.141. The minimum atomic E-state index is -0.543. The van der Waals surface area contributed by atoms with E-state index in [0.29, 0.717) is 29.3 Å². The van der Waals surface area contributed by atoms with Gasteiger partial charge < -0.3 is 10.2 Å². The fraction of sp³-hybridized carbons (Fsp3) is 0.517. The lowest BCUT2D eigenvalue weighted by Gasteiger charge is -2.32. The second-order valence-electron chi connectivity index (χ2n) is 10.6. The van der Waals surface area contributed by atoms with E-state index < -0.39 is 6.04 Å². The van der Waals surface area contributed by atoms with E-state index in [1.54, 1.807) is 17.0 Å². The topological polar surface area (TPSA) is 49.4 Å². The average molecular weight is 518 g/mol. The Morgan fingerprint density at radius 2 is 1.71 bits per heavy atom. The van der Waals surface area contributed by atoms with Crippen molar-refractivity contribution in [3.63, 3.8) is 0 Å². The van der Waals surface area contributed by atoms with Gasteiger partial charge in [-0.2, -0.15) is 0 Å². The molecule has 1 aliphatic carbocycles. The summed E-state index contributed by atoms with van der Waals surface area (Å²) in [5.74, 6) is -0.128. The summed E-state index contributed by atoms with van der Waals surface area (Å²) >= 11 is 12.5. The van der Waals surface area contributed by atoms with E-state index in [9.17, 15) is 9.59 Å². The third-order valence-electron chi connectivity index (χ3n) is 6.89. The summed E-state index contributed by atoms with van der Waals surface area (Å²) in [6.45, 7) is 8.79. The van der Waals surface area contributed by atoms with E-state index in [4.69, 9.17) is 23.2 Å². The third-order valence-corrected chi connectivity index (χ3v) is 7.48. The molecule has 0 spiro atoms. The maximum absolute atomic E-state index is 13.5. The van der Waals surface area contributed by atoms with Gasteiger partial charge in [0.2, 0.25) is 11.8 Å². The van der Waals surface area contributed by atoms with Gasteiger partial charge in [0.05, 0.1) is 0 Å². The number of benzene rings is 2. The Hall–Kier alpha value is -2.04. The zero-order valence-electron chi connectivity index (χ0n) is 21.4. The summed E-state index contributed by atoms with van der Waals surface area (Å²) in [5, 5.41) is 4.22. The van der Waals surface area contributed by atoms with Crippen molar-refractivity contribution in [3.8, 4) is 0 Å². The number of hydrogen-bond acceptors (Lipinski definition) is 2. The van der Waals surface area contributed by atoms with Crippen LogP contribution in [0.25, 0.3) is 0 Å². The first kappa shape index (κ1) is 27.5. The summed E-state index contributed by atoms with van der Waals surface area (Å²) in [5.41, 5.74) is 3.25. The second-order valence-corrected chi connectivity index (χ2v) is 11.5. The molecule has 1 atom stereocenters. The number of hydrogen-bond donors (Lipinski definition) is 1. The Balaban J connectivity index is 1.77. The predicted octanol–water partition coefficient (Wildman–Crippen LogP) is 7.09. The first-order chi connectivity index (χ1) is 16.6. The second kappa shape index (κ2) is 12.3. The van der Waals surface area contributed by atoms with Crippen LogP contribution in [0.2, 0.25) is 10.0 Å². The van der Waals surface area contributed by atoms with Gasteiger partial charge in [-0.25, -0.2) is 0 Å². The molecule has 3 rings (SSSR count). The molecule has 1 N–H and O–H groups in total. The van der Waals surface area contributed by atoms with Crippen LogP contribution in [0.15, 0.2) is 42.5 Å². The van der Waals surface area contributed by atoms with Gasteiger partial charge in [-0.15, -0.1) is 0 Å². The maximum atomic E-state index is 13.5. The zero-order valence-corrected chi connectivity index (χ0v) is 22.9. The molecule has 4 nitrogen and oxygen atoms in total. The molecule has 1 aliphatic rings. The monoisotopic (exact) mass is 516 g/mol. The molecule has 6 heteroatoms. The number of nitrogens with zero attached hydrogens (tertiary/aromatic N) is 1. The summed E-state index contributed by atoms with van der Waals surface area (Å²) in [6.07, 6.45) is 5.77. The zero-order chi connectivity index (χ0) is 25.6. The van der Waals surface area contributed by atoms with Crippen molar-refractivity contribution in [2.75, 3.05) is 0 Å². The molecule has 0 bridgehead atoms. The van der Waals surface area contributed by atoms with Crippen LogP contribution in [-0.4, -0.2) is 28.8 Å². The molecule has 2 aromatic carbocycles. The number of halogens is 2. The predicted molar refractivity (Wildman–Crippen MR) is 145 cm³/mol. The number of carbonyl (C=O) groups is 2. The van der Waals surface area contributed by atoms with Crippen LogP contribution in [0.5, 0.6) is 0 Å². The van der Waals surface area contributed by atoms with Gasteiger partial charge in [0.25, 0.3) is 0 Å². The Morgan fingerprint density at radius 1 is 1.06 bits per heavy atom. The number of nitrogens with one attached hydrogen (secondary N) is 1. The fourth-order valence-electron chi connectivity index (χ4n) is 4.69. The quantitative estimate of drug-likeness (QED) is 0.386. The third kappa shape index (κ3) is 7.72. The van der Waals surface area contributed by atoms with Crippen molar-refractivity contribution < 1.29 is 9.59 Å². The molecule has 35 heavy (non-hydrogen) atoms. The first-order valence-electron chi connectivity index (χ1n) is 12.7. The van der Waals surface area contributed by atoms with Crippen LogP contribution in [0, 0.1) is 0 Å². The molecule has 2 amide bonds. The van der Waals surface area contributed by atoms with Crippen LogP contribution in [0.1, 0.15) is 82.9 Å². The first-order valence-corrected chi connectivity index (χ1v) is 13.5. The van der Waals surface area contributed by atoms with Gasteiger partial charge in [-0.05, 0) is 59.9 Å². The van der Waals surface area contributed by atoms with Crippen molar-refractivity contribution in [2.24, 2.45) is 0 Å². The van der Waals surface area contributed by atoms with E-state index in [1.807, 2.05) is 13.0 Å². The van der Waals surface area contributed by atoms with Crippen molar-refractivity contribution >= 4 is 35.0 Å². The van der Waals surface area contributed by atoms with Gasteiger partial charge in [0.15, 0.2) is 0 Å². The molecule has 0 radical (unpaired) electrons. The molecule has 2 aromatic rings. The minimum Gasteiger partial charge on any atom is -0.352 e. The van der Waals surface area contributed by atoms with E-state index >= 15 is 0 Å². The Kier molecular flexibility index (Phi) is 9.66. The van der Waals surface area contributed by atoms with Crippen molar-refractivity contribution in [2.45, 2.75) is 96.7 Å². The molecule has 1 saturated carbocycles. The van der Waals surface area contributed by atoms with E-state index in [1.165, 1.54) is 5.56 Å². The normalized spacial score (nSPS) is 15.1. The smallest absolute Gasteiger partial charge is 0.243 e. The van der Waals surface area contributed by atoms with Crippen LogP contribution >= 0.6 is 23.2 Å². The van der Waals surface area contributed by atoms with Gasteiger partial charge in [0.1, 0.15) is 6.04 Å². The number of rotatable bonds is 9. The Labute approximate surface area is 220 Å². The Bertz CT molecular complexity index is 1010. The lowest BCUT2D eigenvalue weighted by atomic mass is 9.86. The molecule has 0 aromatic heterocycles. The van der Waals surface area contributed by atoms with E-state index in [2.05, 4.69) is 50.4 Å². The maximum Gasteiger partial charge on any atom is 0.243 e. The summed E-state index contributed by atoms with van der Waals surface area (Å²) in [7, 11) is 0. The largest absolute Gasteiger partial charge is 0.352 e. The highest BCUT2D eigenvalue weighted by atomic mass is 35.5. The average Bonchev–Trinajstić information content (AvgIpc) is 3.31. The summed E-state index contributed by atoms with van der Waals surface area (Å²) in [6, 6.07) is 13.4. The molecule has 0 aliphatic heterocycles. The van der Waals surface area contributed by atoms with Crippen molar-refractivity contribution in [1.82, 2.24) is 10.2 Å². The molecule has 0 unspecified atom stereocenters. The lowest BCUT2D eigenvalue weighted by Crippen LogP contribution is -2.51. The highest BCUT2D eigenvalue weighted by Gasteiger charge is 2.30. The van der Waals surface area contributed by atoms with Crippen molar-refractivity contribution in [3.05, 3.63) is 69.2 Å². The van der Waals surface area contributed by atoms with Crippen LogP contribution in [0.4, 0.5) is 0 Å². The highest BCUT2D eigenvalue weighted by Crippen LogP contribution is 2.26. The number of amides is 2. The van der Waals surface area contributed by atoms with Gasteiger partial charge in [0, 0.05) is 29.1 Å². The summed E-state index contributed by atoms with van der Waals surface area (Å²) < 4.78 is 0. The van der Waals surface area contributed by atoms with E-state index in [0.717, 1.165) is 36.8 Å². The standard InChI is InChI=1S/C29H38Cl2N2O2/c1-5-26(28(35)32-24-8-6-7-9-24)33(19-21-13-16-23(30)18-25(21)31)27(34)17-12-20-10-14-22(15-11-20)29(2,3)4/h10-11,13-16,18,24,26H,5-9,12,17,19H2,1-4H3,(H,32,35)/t26-/m1/s1. The van der Waals surface area contributed by atoms with Crippen molar-refractivity contribution in [1.29, 1.82) is 0 Å². The molecular formula is C29H38Cl2N2O2. The highest BCUT2D eigenvalue weighted by molar-refractivity contribution is 6.35. The van der Waals surface area contributed by atoms with Crippen LogP contribution < -0.4 is 5.32 Å². The molecule has 190 valence electrons. The van der Waals surface area contributed by atoms with Gasteiger partial charge in [-0.1, -0.05) is 94.1 Å². The van der Waals surface area contributed by atoms with Gasteiger partial charge in [-0.3, -0.25) is 9.59 Å². The molecule has 1 fully saturated rings. The van der Waals surface area contributed by atoms with E-state index in [-0.39, 0.29) is 29.8 Å². The molecule has 0 saturated heterocycles.